The lowest BCUT2D eigenvalue weighted by molar-refractivity contribution is 0.328. The highest BCUT2D eigenvalue weighted by Crippen LogP contribution is 2.36. The van der Waals surface area contributed by atoms with Gasteiger partial charge in [-0.3, -0.25) is 0 Å². The van der Waals surface area contributed by atoms with E-state index in [-0.39, 0.29) is 5.04 Å². The van der Waals surface area contributed by atoms with Crippen molar-refractivity contribution in [1.29, 1.82) is 0 Å². The fourth-order valence-electron chi connectivity index (χ4n) is 2.10. The van der Waals surface area contributed by atoms with Gasteiger partial charge in [-0.15, -0.1) is 5.73 Å². The molecular formula is C20H40OSi. The Hall–Kier alpha value is -0.303. The first-order valence-electron chi connectivity index (χ1n) is 9.25. The van der Waals surface area contributed by atoms with Gasteiger partial charge < -0.3 is 4.43 Å². The van der Waals surface area contributed by atoms with Crippen LogP contribution >= 0.6 is 0 Å². The molecule has 0 aliphatic rings. The van der Waals surface area contributed by atoms with E-state index in [9.17, 15) is 0 Å². The topological polar surface area (TPSA) is 9.23 Å². The largest absolute Gasteiger partial charge is 0.413 e. The first-order chi connectivity index (χ1) is 10.2. The Balaban J connectivity index is 3.88. The molecule has 0 radical (unpaired) electrons. The van der Waals surface area contributed by atoms with Crippen LogP contribution in [0.5, 0.6) is 0 Å². The van der Waals surface area contributed by atoms with E-state index in [2.05, 4.69) is 59.5 Å². The second-order valence-corrected chi connectivity index (χ2v) is 12.9. The monoisotopic (exact) mass is 324 g/mol. The van der Waals surface area contributed by atoms with Gasteiger partial charge in [-0.05, 0) is 49.5 Å². The van der Waals surface area contributed by atoms with Crippen LogP contribution in [0.1, 0.15) is 86.0 Å². The standard InChI is InChI=1S/C20H40OSi/c1-8-9-10-11-12-13-14-16-19(2)17-15-18-21-22(6,7)20(3,4)5/h15H,8-14,16,18H2,1-7H3. The van der Waals surface area contributed by atoms with E-state index in [0.717, 1.165) is 0 Å². The molecule has 0 aromatic heterocycles. The summed E-state index contributed by atoms with van der Waals surface area (Å²) in [4.78, 5) is 0. The summed E-state index contributed by atoms with van der Waals surface area (Å²) in [6.07, 6.45) is 12.9. The molecule has 0 aliphatic carbocycles. The van der Waals surface area contributed by atoms with E-state index < -0.39 is 8.32 Å². The lowest BCUT2D eigenvalue weighted by Gasteiger charge is -2.35. The third kappa shape index (κ3) is 10.4. The summed E-state index contributed by atoms with van der Waals surface area (Å²) in [5, 5.41) is 0.289. The Morgan fingerprint density at radius 2 is 1.55 bits per heavy atom. The number of hydrogen-bond donors (Lipinski definition) is 0. The molecule has 0 aromatic carbocycles. The highest BCUT2D eigenvalue weighted by molar-refractivity contribution is 6.74. The van der Waals surface area contributed by atoms with Crippen LogP contribution < -0.4 is 0 Å². The SMILES string of the molecule is CCCCCCCCCC(C)=C=CCO[Si](C)(C)C(C)(C)C. The summed E-state index contributed by atoms with van der Waals surface area (Å²) >= 11 is 0. The zero-order valence-corrected chi connectivity index (χ0v) is 17.3. The summed E-state index contributed by atoms with van der Waals surface area (Å²) in [7, 11) is -1.60. The van der Waals surface area contributed by atoms with Crippen molar-refractivity contribution in [2.75, 3.05) is 6.61 Å². The summed E-state index contributed by atoms with van der Waals surface area (Å²) < 4.78 is 6.13. The summed E-state index contributed by atoms with van der Waals surface area (Å²) in [6, 6.07) is 0. The van der Waals surface area contributed by atoms with Crippen molar-refractivity contribution in [1.82, 2.24) is 0 Å². The van der Waals surface area contributed by atoms with Crippen LogP contribution in [-0.2, 0) is 4.43 Å². The Morgan fingerprint density at radius 1 is 1.00 bits per heavy atom. The van der Waals surface area contributed by atoms with Crippen molar-refractivity contribution in [2.45, 2.75) is 104 Å². The molecule has 0 fully saturated rings. The minimum absolute atomic E-state index is 0.289. The Kier molecular flexibility index (Phi) is 11.1. The zero-order chi connectivity index (χ0) is 17.1. The highest BCUT2D eigenvalue weighted by Gasteiger charge is 2.36. The van der Waals surface area contributed by atoms with Crippen molar-refractivity contribution in [3.63, 3.8) is 0 Å². The maximum atomic E-state index is 6.13. The lowest BCUT2D eigenvalue weighted by Crippen LogP contribution is -2.40. The number of rotatable bonds is 11. The molecule has 0 aliphatic heterocycles. The molecule has 0 unspecified atom stereocenters. The molecule has 0 heterocycles. The average molecular weight is 325 g/mol. The van der Waals surface area contributed by atoms with Gasteiger partial charge in [0.25, 0.3) is 0 Å². The van der Waals surface area contributed by atoms with Crippen LogP contribution in [0.2, 0.25) is 18.1 Å². The maximum Gasteiger partial charge on any atom is 0.192 e. The van der Waals surface area contributed by atoms with Crippen molar-refractivity contribution in [3.8, 4) is 0 Å². The van der Waals surface area contributed by atoms with Gasteiger partial charge in [-0.25, -0.2) is 0 Å². The van der Waals surface area contributed by atoms with E-state index in [1.165, 1.54) is 56.9 Å². The molecule has 2 heteroatoms. The van der Waals surface area contributed by atoms with E-state index in [1.54, 1.807) is 0 Å². The van der Waals surface area contributed by atoms with Crippen LogP contribution in [0.3, 0.4) is 0 Å². The Labute approximate surface area is 141 Å². The van der Waals surface area contributed by atoms with Crippen LogP contribution in [0.15, 0.2) is 17.4 Å². The van der Waals surface area contributed by atoms with Crippen molar-refractivity contribution >= 4 is 8.32 Å². The van der Waals surface area contributed by atoms with Gasteiger partial charge in [0.05, 0.1) is 6.61 Å². The molecular weight excluding hydrogens is 284 g/mol. The van der Waals surface area contributed by atoms with Gasteiger partial charge >= 0.3 is 0 Å². The molecule has 0 spiro atoms. The normalized spacial score (nSPS) is 12.1. The second kappa shape index (κ2) is 11.3. The molecule has 0 amide bonds. The van der Waals surface area contributed by atoms with Gasteiger partial charge in [0.15, 0.2) is 8.32 Å². The van der Waals surface area contributed by atoms with Gasteiger partial charge in [-0.1, -0.05) is 66.2 Å². The Morgan fingerprint density at radius 3 is 2.09 bits per heavy atom. The van der Waals surface area contributed by atoms with Gasteiger partial charge in [0.1, 0.15) is 0 Å². The molecule has 0 aromatic rings. The van der Waals surface area contributed by atoms with E-state index >= 15 is 0 Å². The Bertz CT molecular complexity index is 343. The van der Waals surface area contributed by atoms with Crippen LogP contribution in [0.25, 0.3) is 0 Å². The lowest BCUT2D eigenvalue weighted by atomic mass is 10.1. The third-order valence-electron chi connectivity index (χ3n) is 4.84. The van der Waals surface area contributed by atoms with Gasteiger partial charge in [-0.2, -0.15) is 0 Å². The van der Waals surface area contributed by atoms with Crippen LogP contribution in [-0.4, -0.2) is 14.9 Å². The summed E-state index contributed by atoms with van der Waals surface area (Å²) in [6.45, 7) is 16.6. The molecule has 0 saturated heterocycles. The summed E-state index contributed by atoms with van der Waals surface area (Å²) in [5.41, 5.74) is 4.77. The molecule has 22 heavy (non-hydrogen) atoms. The second-order valence-electron chi connectivity index (χ2n) is 8.07. The molecule has 0 atom stereocenters. The van der Waals surface area contributed by atoms with Crippen molar-refractivity contribution in [3.05, 3.63) is 17.4 Å². The predicted octanol–water partition coefficient (Wildman–Crippen LogP) is 7.25. The highest BCUT2D eigenvalue weighted by atomic mass is 28.4. The maximum absolute atomic E-state index is 6.13. The fraction of sp³-hybridized carbons (Fsp3) is 0.850. The van der Waals surface area contributed by atoms with Crippen molar-refractivity contribution in [2.24, 2.45) is 0 Å². The molecule has 130 valence electrons. The van der Waals surface area contributed by atoms with Crippen LogP contribution in [0.4, 0.5) is 0 Å². The molecule has 1 nitrogen and oxygen atoms in total. The fourth-order valence-corrected chi connectivity index (χ4v) is 3.03. The minimum atomic E-state index is -1.60. The first-order valence-corrected chi connectivity index (χ1v) is 12.2. The molecule has 0 saturated carbocycles. The van der Waals surface area contributed by atoms with E-state index in [1.807, 2.05) is 0 Å². The quantitative estimate of drug-likeness (QED) is 0.221. The first kappa shape index (κ1) is 21.7. The molecule has 0 rings (SSSR count). The van der Waals surface area contributed by atoms with E-state index in [4.69, 9.17) is 4.43 Å². The van der Waals surface area contributed by atoms with E-state index in [0.29, 0.717) is 6.61 Å². The van der Waals surface area contributed by atoms with Gasteiger partial charge in [0, 0.05) is 0 Å². The minimum Gasteiger partial charge on any atom is -0.413 e. The van der Waals surface area contributed by atoms with Crippen molar-refractivity contribution < 1.29 is 4.43 Å². The number of hydrogen-bond acceptors (Lipinski definition) is 1. The molecule has 0 bridgehead atoms. The number of unbranched alkanes of at least 4 members (excludes halogenated alkanes) is 6. The smallest absolute Gasteiger partial charge is 0.192 e. The third-order valence-corrected chi connectivity index (χ3v) is 9.34. The predicted molar refractivity (Wildman–Crippen MR) is 103 cm³/mol. The van der Waals surface area contributed by atoms with Gasteiger partial charge in [0.2, 0.25) is 0 Å². The molecule has 0 N–H and O–H groups in total. The van der Waals surface area contributed by atoms with Crippen LogP contribution in [0, 0.1) is 0 Å². The summed E-state index contributed by atoms with van der Waals surface area (Å²) in [5.74, 6) is 0. The average Bonchev–Trinajstić information content (AvgIpc) is 2.41. The zero-order valence-electron chi connectivity index (χ0n) is 16.3.